The molecule has 2 aromatic carbocycles. The van der Waals surface area contributed by atoms with Crippen LogP contribution in [0, 0.1) is 0 Å². The van der Waals surface area contributed by atoms with Crippen LogP contribution >= 0.6 is 0 Å². The molecule has 1 atom stereocenters. The van der Waals surface area contributed by atoms with E-state index in [0.717, 1.165) is 16.9 Å². The number of carbonyl (C=O) groups is 1. The molecule has 3 N–H and O–H groups in total. The van der Waals surface area contributed by atoms with Crippen molar-refractivity contribution in [1.29, 1.82) is 0 Å². The molecule has 122 valence electrons. The zero-order valence-corrected chi connectivity index (χ0v) is 13.2. The average molecular weight is 314 g/mol. The maximum atomic E-state index is 11.6. The Kier molecular flexibility index (Phi) is 6.44. The molecule has 0 aliphatic heterocycles. The van der Waals surface area contributed by atoms with E-state index in [1.807, 2.05) is 54.6 Å². The fourth-order valence-electron chi connectivity index (χ4n) is 1.99. The summed E-state index contributed by atoms with van der Waals surface area (Å²) in [5.41, 5.74) is 2.05. The molecule has 0 radical (unpaired) electrons. The number of urea groups is 1. The maximum absolute atomic E-state index is 11.6. The zero-order valence-electron chi connectivity index (χ0n) is 13.2. The Morgan fingerprint density at radius 3 is 2.61 bits per heavy atom. The summed E-state index contributed by atoms with van der Waals surface area (Å²) >= 11 is 0. The van der Waals surface area contributed by atoms with E-state index >= 15 is 0 Å². The summed E-state index contributed by atoms with van der Waals surface area (Å²) in [4.78, 5) is 11.6. The molecule has 0 bridgehead atoms. The predicted octanol–water partition coefficient (Wildman–Crippen LogP) is 2.45. The van der Waals surface area contributed by atoms with E-state index < -0.39 is 0 Å². The van der Waals surface area contributed by atoms with Crippen LogP contribution < -0.4 is 15.4 Å². The van der Waals surface area contributed by atoms with Gasteiger partial charge in [-0.1, -0.05) is 42.5 Å². The van der Waals surface area contributed by atoms with E-state index in [4.69, 9.17) is 9.84 Å². The van der Waals surface area contributed by atoms with Gasteiger partial charge in [0.15, 0.2) is 0 Å². The van der Waals surface area contributed by atoms with E-state index in [2.05, 4.69) is 10.6 Å². The van der Waals surface area contributed by atoms with Crippen LogP contribution in [0.15, 0.2) is 54.6 Å². The van der Waals surface area contributed by atoms with Crippen LogP contribution in [0.3, 0.4) is 0 Å². The Morgan fingerprint density at radius 2 is 1.87 bits per heavy atom. The number of hydrogen-bond donors (Lipinski definition) is 3. The Bertz CT molecular complexity index is 617. The van der Waals surface area contributed by atoms with E-state index in [1.165, 1.54) is 0 Å². The Labute approximate surface area is 136 Å². The molecule has 23 heavy (non-hydrogen) atoms. The lowest BCUT2D eigenvalue weighted by molar-refractivity contribution is 0.220. The van der Waals surface area contributed by atoms with E-state index in [0.29, 0.717) is 13.2 Å². The van der Waals surface area contributed by atoms with Gasteiger partial charge in [-0.15, -0.1) is 0 Å². The first-order chi connectivity index (χ1) is 11.2. The number of ether oxygens (including phenoxy) is 1. The monoisotopic (exact) mass is 314 g/mol. The van der Waals surface area contributed by atoms with Crippen LogP contribution in [0.2, 0.25) is 0 Å². The molecule has 0 aliphatic carbocycles. The quantitative estimate of drug-likeness (QED) is 0.735. The minimum absolute atomic E-state index is 0.0871. The highest BCUT2D eigenvalue weighted by atomic mass is 16.5. The Hall–Kier alpha value is -2.53. The first-order valence-electron chi connectivity index (χ1n) is 7.58. The van der Waals surface area contributed by atoms with Gasteiger partial charge in [0.05, 0.1) is 12.6 Å². The molecule has 0 saturated heterocycles. The van der Waals surface area contributed by atoms with Gasteiger partial charge < -0.3 is 20.5 Å². The lowest BCUT2D eigenvalue weighted by Gasteiger charge is -2.12. The number of aliphatic hydroxyl groups is 1. The van der Waals surface area contributed by atoms with Crippen molar-refractivity contribution in [2.45, 2.75) is 26.1 Å². The molecule has 0 aliphatic rings. The minimum Gasteiger partial charge on any atom is -0.489 e. The summed E-state index contributed by atoms with van der Waals surface area (Å²) in [6.45, 7) is 2.55. The lowest BCUT2D eigenvalue weighted by atomic mass is 10.2. The largest absolute Gasteiger partial charge is 0.489 e. The van der Waals surface area contributed by atoms with E-state index in [1.54, 1.807) is 6.92 Å². The third kappa shape index (κ3) is 6.00. The molecule has 0 spiro atoms. The molecular formula is C18H22N2O3. The van der Waals surface area contributed by atoms with Crippen LogP contribution in [0.5, 0.6) is 5.75 Å². The number of amides is 2. The van der Waals surface area contributed by atoms with Gasteiger partial charge in [0.1, 0.15) is 12.4 Å². The molecule has 0 heterocycles. The molecule has 2 aromatic rings. The van der Waals surface area contributed by atoms with Crippen molar-refractivity contribution in [3.8, 4) is 5.75 Å². The fraction of sp³-hybridized carbons (Fsp3) is 0.278. The van der Waals surface area contributed by atoms with Crippen molar-refractivity contribution in [2.24, 2.45) is 0 Å². The van der Waals surface area contributed by atoms with E-state index in [9.17, 15) is 4.79 Å². The summed E-state index contributed by atoms with van der Waals surface area (Å²) in [5.74, 6) is 0.761. The van der Waals surface area contributed by atoms with Gasteiger partial charge in [0.25, 0.3) is 0 Å². The molecular weight excluding hydrogens is 292 g/mol. The average Bonchev–Trinajstić information content (AvgIpc) is 2.59. The molecule has 2 amide bonds. The Balaban J connectivity index is 1.83. The summed E-state index contributed by atoms with van der Waals surface area (Å²) in [7, 11) is 0. The second-order valence-corrected chi connectivity index (χ2v) is 5.33. The van der Waals surface area contributed by atoms with Gasteiger partial charge in [-0.25, -0.2) is 4.79 Å². The molecule has 0 unspecified atom stereocenters. The van der Waals surface area contributed by atoms with Crippen molar-refractivity contribution >= 4 is 6.03 Å². The summed E-state index contributed by atoms with van der Waals surface area (Å²) < 4.78 is 5.76. The number of rotatable bonds is 7. The van der Waals surface area contributed by atoms with Crippen molar-refractivity contribution in [1.82, 2.24) is 10.6 Å². The standard InChI is InChI=1S/C18H22N2O3/c1-14(12-21)20-18(22)19-11-16-8-5-9-17(10-16)23-13-15-6-3-2-4-7-15/h2-10,14,21H,11-13H2,1H3,(H2,19,20,22)/t14-/m0/s1. The topological polar surface area (TPSA) is 70.6 Å². The van der Waals surface area contributed by atoms with Crippen molar-refractivity contribution in [3.05, 3.63) is 65.7 Å². The summed E-state index contributed by atoms with van der Waals surface area (Å²) in [6, 6.07) is 17.0. The first-order valence-corrected chi connectivity index (χ1v) is 7.58. The number of aliphatic hydroxyl groups excluding tert-OH is 1. The van der Waals surface area contributed by atoms with Crippen LogP contribution in [-0.2, 0) is 13.2 Å². The highest BCUT2D eigenvalue weighted by molar-refractivity contribution is 5.74. The second-order valence-electron chi connectivity index (χ2n) is 5.33. The highest BCUT2D eigenvalue weighted by Crippen LogP contribution is 2.15. The predicted molar refractivity (Wildman–Crippen MR) is 89.1 cm³/mol. The molecule has 5 heteroatoms. The van der Waals surface area contributed by atoms with Gasteiger partial charge in [-0.05, 0) is 30.2 Å². The number of nitrogens with one attached hydrogen (secondary N) is 2. The normalized spacial score (nSPS) is 11.6. The van der Waals surface area contributed by atoms with Gasteiger partial charge in [-0.2, -0.15) is 0 Å². The highest BCUT2D eigenvalue weighted by Gasteiger charge is 2.05. The Morgan fingerprint density at radius 1 is 1.13 bits per heavy atom. The van der Waals surface area contributed by atoms with Gasteiger partial charge >= 0.3 is 6.03 Å². The van der Waals surface area contributed by atoms with Crippen molar-refractivity contribution in [3.63, 3.8) is 0 Å². The smallest absolute Gasteiger partial charge is 0.315 e. The number of hydrogen-bond acceptors (Lipinski definition) is 3. The second kappa shape index (κ2) is 8.80. The van der Waals surface area contributed by atoms with Gasteiger partial charge in [0.2, 0.25) is 0 Å². The van der Waals surface area contributed by atoms with Crippen molar-refractivity contribution < 1.29 is 14.6 Å². The molecule has 0 saturated carbocycles. The summed E-state index contributed by atoms with van der Waals surface area (Å²) in [5, 5.41) is 14.3. The molecule has 0 fully saturated rings. The molecule has 5 nitrogen and oxygen atoms in total. The SMILES string of the molecule is C[C@@H](CO)NC(=O)NCc1cccc(OCc2ccccc2)c1. The fourth-order valence-corrected chi connectivity index (χ4v) is 1.99. The van der Waals surface area contributed by atoms with Gasteiger partial charge in [-0.3, -0.25) is 0 Å². The van der Waals surface area contributed by atoms with Crippen LogP contribution in [0.1, 0.15) is 18.1 Å². The van der Waals surface area contributed by atoms with Gasteiger partial charge in [0, 0.05) is 6.54 Å². The van der Waals surface area contributed by atoms with Crippen LogP contribution in [0.25, 0.3) is 0 Å². The third-order valence-corrected chi connectivity index (χ3v) is 3.25. The molecule has 2 rings (SSSR count). The van der Waals surface area contributed by atoms with Crippen molar-refractivity contribution in [2.75, 3.05) is 6.61 Å². The van der Waals surface area contributed by atoms with E-state index in [-0.39, 0.29) is 18.7 Å². The molecule has 0 aromatic heterocycles. The first kappa shape index (κ1) is 16.8. The zero-order chi connectivity index (χ0) is 16.5. The van der Waals surface area contributed by atoms with Crippen LogP contribution in [0.4, 0.5) is 4.79 Å². The number of carbonyl (C=O) groups excluding carboxylic acids is 1. The maximum Gasteiger partial charge on any atom is 0.315 e. The van der Waals surface area contributed by atoms with Crippen LogP contribution in [-0.4, -0.2) is 23.8 Å². The minimum atomic E-state index is -0.304. The third-order valence-electron chi connectivity index (χ3n) is 3.25. The number of benzene rings is 2. The lowest BCUT2D eigenvalue weighted by Crippen LogP contribution is -2.41. The summed E-state index contributed by atoms with van der Waals surface area (Å²) in [6.07, 6.45) is 0.